The van der Waals surface area contributed by atoms with E-state index in [1.54, 1.807) is 0 Å². The van der Waals surface area contributed by atoms with Crippen LogP contribution in [0.4, 0.5) is 0 Å². The lowest BCUT2D eigenvalue weighted by Crippen LogP contribution is -2.15. The van der Waals surface area contributed by atoms with Gasteiger partial charge in [-0.05, 0) is 170 Å². The summed E-state index contributed by atoms with van der Waals surface area (Å²) in [4.78, 5) is 0. The molecule has 0 amide bonds. The molecular weight excluding hydrogens is 1180 g/mol. The maximum absolute atomic E-state index is 9.51. The Morgan fingerprint density at radius 3 is 1.18 bits per heavy atom. The quantitative estimate of drug-likeness (QED) is 0.153. The van der Waals surface area contributed by atoms with Crippen LogP contribution < -0.4 is 5.73 Å². The lowest BCUT2D eigenvalue weighted by Gasteiger charge is -2.22. The van der Waals surface area contributed by atoms with Crippen molar-refractivity contribution in [2.45, 2.75) is 45.4 Å². The van der Waals surface area contributed by atoms with E-state index in [2.05, 4.69) is 297 Å². The van der Waals surface area contributed by atoms with E-state index in [9.17, 15) is 5.41 Å². The Kier molecular flexibility index (Phi) is 12.2. The van der Waals surface area contributed by atoms with Crippen molar-refractivity contribution >= 4 is 93.2 Å². The number of allylic oxidation sites excluding steroid dienone is 1. The van der Waals surface area contributed by atoms with E-state index >= 15 is 0 Å². The van der Waals surface area contributed by atoms with Crippen molar-refractivity contribution in [3.05, 3.63) is 342 Å². The molecule has 3 aliphatic carbocycles. The number of aromatic nitrogens is 3. The number of nitrogens with two attached hydrogens (primary N) is 1. The van der Waals surface area contributed by atoms with Gasteiger partial charge in [0, 0.05) is 87.7 Å². The van der Waals surface area contributed by atoms with Crippen LogP contribution in [0.2, 0.25) is 0 Å². The molecule has 17 aromatic rings. The highest BCUT2D eigenvalue weighted by atomic mass is 15.0. The molecule has 14 aromatic carbocycles. The predicted octanol–water partition coefficient (Wildman–Crippen LogP) is 23.3. The molecule has 0 aliphatic heterocycles. The van der Waals surface area contributed by atoms with Crippen molar-refractivity contribution in [2.75, 3.05) is 0 Å². The van der Waals surface area contributed by atoms with Crippen LogP contribution >= 0.6 is 0 Å². The Morgan fingerprint density at radius 1 is 0.309 bits per heavy atom. The van der Waals surface area contributed by atoms with Crippen LogP contribution in [0.25, 0.3) is 149 Å². The fraction of sp³-hybridized carbons (Fsp3) is 0.0761. The Balaban J connectivity index is 0.000000892. The van der Waals surface area contributed by atoms with Gasteiger partial charge in [0.25, 0.3) is 0 Å². The maximum Gasteiger partial charge on any atom is 0.0711 e. The normalized spacial score (nSPS) is 13.8. The van der Waals surface area contributed by atoms with Gasteiger partial charge in [-0.2, -0.15) is 0 Å². The summed E-state index contributed by atoms with van der Waals surface area (Å²) < 4.78 is 7.38. The van der Waals surface area contributed by atoms with Crippen LogP contribution in [0.3, 0.4) is 0 Å². The van der Waals surface area contributed by atoms with Gasteiger partial charge in [0.2, 0.25) is 0 Å². The van der Waals surface area contributed by atoms with Gasteiger partial charge in [-0.1, -0.05) is 240 Å². The molecule has 20 rings (SSSR count). The van der Waals surface area contributed by atoms with E-state index in [0.717, 1.165) is 72.0 Å². The van der Waals surface area contributed by atoms with E-state index in [4.69, 9.17) is 5.73 Å². The van der Waals surface area contributed by atoms with Crippen molar-refractivity contribution in [1.82, 2.24) is 13.7 Å². The molecule has 3 N–H and O–H groups in total. The summed E-state index contributed by atoms with van der Waals surface area (Å²) in [5.74, 6) is 0. The topological polar surface area (TPSA) is 64.7 Å². The van der Waals surface area contributed by atoms with Crippen molar-refractivity contribution in [1.29, 1.82) is 5.41 Å². The molecule has 0 fully saturated rings. The first-order valence-electron chi connectivity index (χ1n) is 33.8. The van der Waals surface area contributed by atoms with Crippen LogP contribution in [-0.2, 0) is 10.8 Å². The van der Waals surface area contributed by atoms with E-state index in [1.807, 2.05) is 48.5 Å². The first-order valence-corrected chi connectivity index (χ1v) is 33.8. The second-order valence-corrected chi connectivity index (χ2v) is 27.8. The van der Waals surface area contributed by atoms with E-state index in [0.29, 0.717) is 11.4 Å². The van der Waals surface area contributed by atoms with Crippen LogP contribution in [0, 0.1) is 12.3 Å². The summed E-state index contributed by atoms with van der Waals surface area (Å²) in [7, 11) is 0. The van der Waals surface area contributed by atoms with Crippen molar-refractivity contribution in [2.24, 2.45) is 5.73 Å². The highest BCUT2D eigenvalue weighted by molar-refractivity contribution is 6.40. The molecule has 5 nitrogen and oxygen atoms in total. The maximum atomic E-state index is 9.51. The van der Waals surface area contributed by atoms with E-state index in [1.165, 1.54) is 116 Å². The Bertz CT molecular complexity index is 6000. The Labute approximate surface area is 563 Å². The molecule has 0 radical (unpaired) electrons. The lowest BCUT2D eigenvalue weighted by molar-refractivity contribution is 0.660. The number of nitrogens with one attached hydrogen (secondary N) is 1. The number of para-hydroxylation sites is 2. The van der Waals surface area contributed by atoms with Gasteiger partial charge in [0.05, 0.1) is 44.5 Å². The number of benzene rings is 14. The highest BCUT2D eigenvalue weighted by Gasteiger charge is 2.37. The Hall–Kier alpha value is -12.1. The molecule has 3 heterocycles. The third kappa shape index (κ3) is 8.28. The molecule has 0 unspecified atom stereocenters. The first-order chi connectivity index (χ1) is 47.4. The number of hydrogen-bond donors (Lipinski definition) is 2. The lowest BCUT2D eigenvalue weighted by atomic mass is 9.82. The van der Waals surface area contributed by atoms with Crippen molar-refractivity contribution in [3.8, 4) is 61.6 Å². The van der Waals surface area contributed by atoms with Gasteiger partial charge in [-0.3, -0.25) is 5.41 Å². The average Bonchev–Trinajstić information content (AvgIpc) is 1.59. The molecule has 0 bridgehead atoms. The van der Waals surface area contributed by atoms with Crippen LogP contribution in [0.15, 0.2) is 297 Å². The molecular formula is C92H67N5. The molecule has 0 saturated carbocycles. The summed E-state index contributed by atoms with van der Waals surface area (Å²) in [5.41, 5.74) is 38.7. The van der Waals surface area contributed by atoms with Crippen LogP contribution in [-0.4, -0.2) is 19.4 Å². The summed E-state index contributed by atoms with van der Waals surface area (Å²) in [6, 6.07) is 109. The zero-order chi connectivity index (χ0) is 65.2. The summed E-state index contributed by atoms with van der Waals surface area (Å²) in [6.07, 6.45) is 0. The fourth-order valence-electron chi connectivity index (χ4n) is 17.0. The monoisotopic (exact) mass is 1240 g/mol. The first kappa shape index (κ1) is 56.5. The third-order valence-corrected chi connectivity index (χ3v) is 21.8. The van der Waals surface area contributed by atoms with Crippen LogP contribution in [0.5, 0.6) is 0 Å². The molecule has 0 saturated heterocycles. The largest absolute Gasteiger partial charge is 0.398 e. The molecule has 5 heteroatoms. The van der Waals surface area contributed by atoms with Crippen molar-refractivity contribution in [3.63, 3.8) is 0 Å². The second kappa shape index (κ2) is 21.0. The summed E-state index contributed by atoms with van der Waals surface area (Å²) in [5, 5.41) is 18.9. The zero-order valence-electron chi connectivity index (χ0n) is 54.7. The SMILES string of the molecule is CC1(C)c2ccccc2-c2ccc(-n3c4ccccc4c4cc(-c5ccc6c(c5)c5cc(-c7ccc8c(c7)c7ccccc7n8-c7ccc8c(c7)C(C)(C)c7ccccc7-8)ccc5n6-c5ccc6c7c(cccc57)C(N)=C6C(=N)c5ccccc5)ccc43)cc21.Cc1ccccc1. The third-order valence-electron chi connectivity index (χ3n) is 21.8. The van der Waals surface area contributed by atoms with Gasteiger partial charge >= 0.3 is 0 Å². The average molecular weight is 1240 g/mol. The number of rotatable bonds is 7. The number of aryl methyl sites for hydroxylation is 1. The fourth-order valence-corrected chi connectivity index (χ4v) is 17.0. The van der Waals surface area contributed by atoms with E-state index < -0.39 is 0 Å². The van der Waals surface area contributed by atoms with Gasteiger partial charge in [0.15, 0.2) is 0 Å². The summed E-state index contributed by atoms with van der Waals surface area (Å²) >= 11 is 0. The minimum Gasteiger partial charge on any atom is -0.398 e. The standard InChI is InChI=1S/C85H59N5.C7H8/c1-84(2)69-25-12-8-19-56(69)58-35-33-54(47-71(58)84)88-73-27-14-10-21-60(73)65-43-50(29-38-76(65)88)52-31-40-78-67(45-52)68-46-53(32-41-79(68)90(78)75-42-37-63-80-62(75)23-16-24-64(80)83(87)81(63)82(86)49-17-6-5-7-18-49)51-30-39-77-66(44-51)61-22-11-15-28-74(61)89(77)55-34-36-59-57-20-9-13-26-70(57)85(3,4)72(59)48-55;1-7-5-3-2-4-6-7/h5-48,86H,87H2,1-4H3;2-6H,1H3. The predicted molar refractivity (Wildman–Crippen MR) is 408 cm³/mol. The molecule has 3 aromatic heterocycles. The van der Waals surface area contributed by atoms with Gasteiger partial charge in [-0.15, -0.1) is 0 Å². The molecule has 97 heavy (non-hydrogen) atoms. The van der Waals surface area contributed by atoms with E-state index in [-0.39, 0.29) is 10.8 Å². The van der Waals surface area contributed by atoms with Gasteiger partial charge in [0.1, 0.15) is 0 Å². The number of hydrogen-bond acceptors (Lipinski definition) is 2. The molecule has 0 atom stereocenters. The molecule has 460 valence electrons. The summed E-state index contributed by atoms with van der Waals surface area (Å²) in [6.45, 7) is 11.5. The minimum atomic E-state index is -0.113. The van der Waals surface area contributed by atoms with Crippen molar-refractivity contribution < 1.29 is 0 Å². The van der Waals surface area contributed by atoms with Gasteiger partial charge < -0.3 is 19.4 Å². The molecule has 0 spiro atoms. The molecule has 3 aliphatic rings. The van der Waals surface area contributed by atoms with Gasteiger partial charge in [-0.25, -0.2) is 0 Å². The Morgan fingerprint density at radius 2 is 0.691 bits per heavy atom. The highest BCUT2D eigenvalue weighted by Crippen LogP contribution is 2.53. The smallest absolute Gasteiger partial charge is 0.0711 e. The second-order valence-electron chi connectivity index (χ2n) is 27.8. The van der Waals surface area contributed by atoms with Crippen LogP contribution in [0.1, 0.15) is 72.2 Å². The number of nitrogens with zero attached hydrogens (tertiary/aromatic N) is 3. The number of fused-ring (bicyclic) bond motifs is 15. The zero-order valence-corrected chi connectivity index (χ0v) is 54.7. The minimum absolute atomic E-state index is 0.113.